The number of hydrazone groups is 1. The number of carbonyl (C=O) groups excluding carboxylic acids is 1. The fraction of sp³-hybridized carbons (Fsp3) is 0.400. The van der Waals surface area contributed by atoms with Crippen LogP contribution >= 0.6 is 15.9 Å². The SMILES string of the molecule is C[C@]12CCCC[C@H]1[C@@H]2C(=O)N/N=C\c1ccc(-c2ccc(Br)cc2[N+](=O)[O-])o1. The molecule has 3 atom stereocenters. The molecule has 1 aromatic carbocycles. The Balaban J connectivity index is 1.43. The number of hydrogen-bond acceptors (Lipinski definition) is 5. The van der Waals surface area contributed by atoms with Crippen LogP contribution in [0, 0.1) is 27.4 Å². The van der Waals surface area contributed by atoms with Crippen LogP contribution in [-0.2, 0) is 4.79 Å². The Kier molecular flexibility index (Phi) is 4.82. The van der Waals surface area contributed by atoms with E-state index in [1.54, 1.807) is 24.3 Å². The van der Waals surface area contributed by atoms with Crippen molar-refractivity contribution in [3.8, 4) is 11.3 Å². The van der Waals surface area contributed by atoms with Crippen molar-refractivity contribution in [3.05, 3.63) is 50.7 Å². The van der Waals surface area contributed by atoms with Crippen molar-refractivity contribution in [3.63, 3.8) is 0 Å². The van der Waals surface area contributed by atoms with Gasteiger partial charge in [-0.25, -0.2) is 5.43 Å². The first-order valence-electron chi connectivity index (χ1n) is 9.27. The van der Waals surface area contributed by atoms with Gasteiger partial charge in [-0.1, -0.05) is 35.7 Å². The van der Waals surface area contributed by atoms with Gasteiger partial charge in [0.15, 0.2) is 0 Å². The van der Waals surface area contributed by atoms with Gasteiger partial charge in [0.05, 0.1) is 16.7 Å². The number of nitrogens with one attached hydrogen (secondary N) is 1. The molecule has 4 rings (SSSR count). The number of nitro groups is 1. The molecule has 1 amide bonds. The minimum Gasteiger partial charge on any atom is -0.455 e. The van der Waals surface area contributed by atoms with E-state index >= 15 is 0 Å². The smallest absolute Gasteiger partial charge is 0.281 e. The number of benzene rings is 1. The van der Waals surface area contributed by atoms with Gasteiger partial charge in [-0.2, -0.15) is 5.10 Å². The van der Waals surface area contributed by atoms with Crippen LogP contribution in [0.15, 0.2) is 44.3 Å². The van der Waals surface area contributed by atoms with Crippen molar-refractivity contribution < 1.29 is 14.1 Å². The summed E-state index contributed by atoms with van der Waals surface area (Å²) in [6, 6.07) is 8.08. The maximum atomic E-state index is 12.4. The summed E-state index contributed by atoms with van der Waals surface area (Å²) in [6.07, 6.45) is 6.03. The first-order valence-corrected chi connectivity index (χ1v) is 10.1. The highest BCUT2D eigenvalue weighted by Gasteiger charge is 2.64. The lowest BCUT2D eigenvalue weighted by Crippen LogP contribution is -2.22. The number of nitro benzene ring substituents is 1. The highest BCUT2D eigenvalue weighted by Crippen LogP contribution is 2.66. The second-order valence-electron chi connectivity index (χ2n) is 7.69. The van der Waals surface area contributed by atoms with Gasteiger partial charge in [0.1, 0.15) is 11.5 Å². The Bertz CT molecular complexity index is 970. The monoisotopic (exact) mass is 445 g/mol. The highest BCUT2D eigenvalue weighted by molar-refractivity contribution is 9.10. The predicted octanol–water partition coefficient (Wildman–Crippen LogP) is 4.89. The molecule has 8 heteroatoms. The van der Waals surface area contributed by atoms with Gasteiger partial charge >= 0.3 is 0 Å². The lowest BCUT2D eigenvalue weighted by molar-refractivity contribution is -0.384. The molecule has 2 saturated carbocycles. The van der Waals surface area contributed by atoms with Gasteiger partial charge in [-0.05, 0) is 48.4 Å². The number of nitrogens with zero attached hydrogens (tertiary/aromatic N) is 2. The van der Waals surface area contributed by atoms with Gasteiger partial charge in [0.2, 0.25) is 5.91 Å². The summed E-state index contributed by atoms with van der Waals surface area (Å²) in [6.45, 7) is 2.19. The van der Waals surface area contributed by atoms with E-state index in [9.17, 15) is 14.9 Å². The molecule has 2 aliphatic rings. The topological polar surface area (TPSA) is 97.7 Å². The zero-order valence-electron chi connectivity index (χ0n) is 15.4. The lowest BCUT2D eigenvalue weighted by atomic mass is 9.90. The summed E-state index contributed by atoms with van der Waals surface area (Å²) in [5.74, 6) is 1.26. The average molecular weight is 446 g/mol. The third kappa shape index (κ3) is 3.37. The fourth-order valence-corrected chi connectivity index (χ4v) is 4.86. The Morgan fingerprint density at radius 3 is 2.93 bits per heavy atom. The van der Waals surface area contributed by atoms with Gasteiger partial charge in [-0.3, -0.25) is 14.9 Å². The van der Waals surface area contributed by atoms with Crippen molar-refractivity contribution in [1.29, 1.82) is 0 Å². The molecule has 0 spiro atoms. The number of furan rings is 1. The maximum absolute atomic E-state index is 12.4. The molecule has 2 fully saturated rings. The largest absolute Gasteiger partial charge is 0.455 e. The van der Waals surface area contributed by atoms with Crippen LogP contribution in [0.4, 0.5) is 5.69 Å². The fourth-order valence-electron chi connectivity index (χ4n) is 4.51. The van der Waals surface area contributed by atoms with E-state index in [1.165, 1.54) is 25.1 Å². The molecule has 0 unspecified atom stereocenters. The van der Waals surface area contributed by atoms with Crippen LogP contribution in [0.25, 0.3) is 11.3 Å². The van der Waals surface area contributed by atoms with Gasteiger partial charge in [-0.15, -0.1) is 0 Å². The Morgan fingerprint density at radius 1 is 1.39 bits per heavy atom. The van der Waals surface area contributed by atoms with Gasteiger partial charge in [0.25, 0.3) is 5.69 Å². The first-order chi connectivity index (χ1) is 13.4. The van der Waals surface area contributed by atoms with Gasteiger partial charge in [0, 0.05) is 16.5 Å². The molecule has 146 valence electrons. The second kappa shape index (κ2) is 7.16. The third-order valence-corrected chi connectivity index (χ3v) is 6.52. The molecule has 1 N–H and O–H groups in total. The Labute approximate surface area is 170 Å². The van der Waals surface area contributed by atoms with E-state index < -0.39 is 4.92 Å². The molecule has 1 aromatic heterocycles. The normalized spacial score (nSPS) is 26.1. The molecular formula is C20H20BrN3O4. The summed E-state index contributed by atoms with van der Waals surface area (Å²) in [4.78, 5) is 23.2. The lowest BCUT2D eigenvalue weighted by Gasteiger charge is -2.15. The van der Waals surface area contributed by atoms with Crippen LogP contribution < -0.4 is 5.43 Å². The molecule has 1 heterocycles. The summed E-state index contributed by atoms with van der Waals surface area (Å²) in [5, 5.41) is 15.3. The predicted molar refractivity (Wildman–Crippen MR) is 108 cm³/mol. The number of rotatable bonds is 5. The number of halogens is 1. The van der Waals surface area contributed by atoms with E-state index in [1.807, 2.05) is 0 Å². The molecule has 2 aromatic rings. The quantitative estimate of drug-likeness (QED) is 0.402. The third-order valence-electron chi connectivity index (χ3n) is 6.03. The highest BCUT2D eigenvalue weighted by atomic mass is 79.9. The molecule has 0 bridgehead atoms. The first kappa shape index (κ1) is 18.9. The summed E-state index contributed by atoms with van der Waals surface area (Å²) in [7, 11) is 0. The number of amides is 1. The van der Waals surface area contributed by atoms with E-state index in [0.29, 0.717) is 27.5 Å². The van der Waals surface area contributed by atoms with Gasteiger partial charge < -0.3 is 4.42 Å². The van der Waals surface area contributed by atoms with Crippen LogP contribution in [0.2, 0.25) is 0 Å². The Hall–Kier alpha value is -2.48. The van der Waals surface area contributed by atoms with E-state index in [4.69, 9.17) is 4.42 Å². The zero-order chi connectivity index (χ0) is 19.9. The van der Waals surface area contributed by atoms with E-state index in [0.717, 1.165) is 12.8 Å². The van der Waals surface area contributed by atoms with E-state index in [-0.39, 0.29) is 22.9 Å². The summed E-state index contributed by atoms with van der Waals surface area (Å²) < 4.78 is 6.27. The molecule has 0 aliphatic heterocycles. The summed E-state index contributed by atoms with van der Waals surface area (Å²) >= 11 is 3.24. The molecular weight excluding hydrogens is 426 g/mol. The van der Waals surface area contributed by atoms with E-state index in [2.05, 4.69) is 33.4 Å². The molecule has 0 radical (unpaired) electrons. The number of hydrogen-bond donors (Lipinski definition) is 1. The summed E-state index contributed by atoms with van der Waals surface area (Å²) in [5.41, 5.74) is 3.08. The van der Waals surface area contributed by atoms with Crippen LogP contribution in [0.1, 0.15) is 38.4 Å². The molecule has 0 saturated heterocycles. The van der Waals surface area contributed by atoms with Crippen molar-refractivity contribution >= 4 is 33.7 Å². The number of fused-ring (bicyclic) bond motifs is 1. The van der Waals surface area contributed by atoms with Crippen LogP contribution in [0.3, 0.4) is 0 Å². The Morgan fingerprint density at radius 2 is 2.21 bits per heavy atom. The van der Waals surface area contributed by atoms with Crippen molar-refractivity contribution in [2.75, 3.05) is 0 Å². The minimum atomic E-state index is -0.452. The maximum Gasteiger partial charge on any atom is 0.281 e. The molecule has 2 aliphatic carbocycles. The second-order valence-corrected chi connectivity index (χ2v) is 8.61. The number of carbonyl (C=O) groups is 1. The van der Waals surface area contributed by atoms with Crippen LogP contribution in [0.5, 0.6) is 0 Å². The van der Waals surface area contributed by atoms with Crippen LogP contribution in [-0.4, -0.2) is 17.0 Å². The molecule has 28 heavy (non-hydrogen) atoms. The van der Waals surface area contributed by atoms with Crippen molar-refractivity contribution in [1.82, 2.24) is 5.43 Å². The molecule has 7 nitrogen and oxygen atoms in total. The van der Waals surface area contributed by atoms with Crippen molar-refractivity contribution in [2.45, 2.75) is 32.6 Å². The standard InChI is InChI=1S/C20H20BrN3O4/c1-20-9-3-2-4-15(20)18(20)19(25)23-22-11-13-6-8-17(28-13)14-7-5-12(21)10-16(14)24(26)27/h5-8,10-11,15,18H,2-4,9H2,1H3,(H,23,25)/b22-11-/t15-,18+,20-/m0/s1. The average Bonchev–Trinajstić information content (AvgIpc) is 3.02. The zero-order valence-corrected chi connectivity index (χ0v) is 16.9. The van der Waals surface area contributed by atoms with Crippen molar-refractivity contribution in [2.24, 2.45) is 22.4 Å². The minimum absolute atomic E-state index is 0.0408.